The van der Waals surface area contributed by atoms with Crippen LogP contribution >= 0.6 is 0 Å². The summed E-state index contributed by atoms with van der Waals surface area (Å²) in [4.78, 5) is 2.15. The van der Waals surface area contributed by atoms with Crippen LogP contribution in [0, 0.1) is 0 Å². The Morgan fingerprint density at radius 1 is 1.36 bits per heavy atom. The fourth-order valence-corrected chi connectivity index (χ4v) is 1.30. The molecule has 0 aliphatic heterocycles. The molecule has 0 radical (unpaired) electrons. The molecule has 3 heteroatoms. The molecule has 0 aromatic carbocycles. The van der Waals surface area contributed by atoms with Gasteiger partial charge in [-0.1, -0.05) is 6.92 Å². The Kier molecular flexibility index (Phi) is 5.46. The molecule has 0 aliphatic rings. The predicted octanol–water partition coefficient (Wildman–Crippen LogP) is 0.00270. The zero-order valence-electron chi connectivity index (χ0n) is 7.88. The highest BCUT2D eigenvalue weighted by atomic mass is 15.1. The number of hydrogen-bond donors (Lipinski definition) is 2. The molecule has 0 amide bonds. The van der Waals surface area contributed by atoms with Gasteiger partial charge in [0.05, 0.1) is 0 Å². The second-order valence-electron chi connectivity index (χ2n) is 3.18. The first-order chi connectivity index (χ1) is 5.13. The Labute approximate surface area is 69.7 Å². The molecule has 0 rings (SSSR count). The van der Waals surface area contributed by atoms with Crippen molar-refractivity contribution >= 4 is 0 Å². The van der Waals surface area contributed by atoms with Crippen LogP contribution in [0.5, 0.6) is 0 Å². The first-order valence-corrected chi connectivity index (χ1v) is 4.25. The van der Waals surface area contributed by atoms with Gasteiger partial charge in [-0.05, 0) is 33.5 Å². The van der Waals surface area contributed by atoms with Gasteiger partial charge >= 0.3 is 0 Å². The summed E-state index contributed by atoms with van der Waals surface area (Å²) >= 11 is 0. The Balaban J connectivity index is 3.87. The zero-order chi connectivity index (χ0) is 8.85. The average Bonchev–Trinajstić information content (AvgIpc) is 1.98. The number of likely N-dealkylation sites (N-methyl/N-ethyl adjacent to an activating group) is 1. The van der Waals surface area contributed by atoms with Crippen LogP contribution in [0.15, 0.2) is 0 Å². The number of nitrogens with two attached hydrogens (primary N) is 2. The van der Waals surface area contributed by atoms with Gasteiger partial charge in [0.25, 0.3) is 0 Å². The van der Waals surface area contributed by atoms with Crippen LogP contribution < -0.4 is 11.5 Å². The lowest BCUT2D eigenvalue weighted by Crippen LogP contribution is -2.45. The van der Waals surface area contributed by atoms with Crippen molar-refractivity contribution in [3.63, 3.8) is 0 Å². The molecular formula is C8H21N3. The molecule has 2 unspecified atom stereocenters. The van der Waals surface area contributed by atoms with Crippen molar-refractivity contribution in [2.24, 2.45) is 11.5 Å². The van der Waals surface area contributed by atoms with E-state index >= 15 is 0 Å². The molecule has 68 valence electrons. The van der Waals surface area contributed by atoms with Crippen LogP contribution in [0.1, 0.15) is 19.8 Å². The summed E-state index contributed by atoms with van der Waals surface area (Å²) in [6.07, 6.45) is 2.00. The third-order valence-electron chi connectivity index (χ3n) is 2.09. The van der Waals surface area contributed by atoms with E-state index < -0.39 is 0 Å². The van der Waals surface area contributed by atoms with Crippen molar-refractivity contribution in [2.75, 3.05) is 20.6 Å². The largest absolute Gasteiger partial charge is 0.330 e. The minimum atomic E-state index is 0.258. The highest BCUT2D eigenvalue weighted by Crippen LogP contribution is 2.05. The summed E-state index contributed by atoms with van der Waals surface area (Å²) < 4.78 is 0. The molecule has 0 saturated heterocycles. The van der Waals surface area contributed by atoms with Crippen molar-refractivity contribution in [2.45, 2.75) is 31.8 Å². The van der Waals surface area contributed by atoms with E-state index in [4.69, 9.17) is 11.5 Å². The predicted molar refractivity (Wildman–Crippen MR) is 49.4 cm³/mol. The average molecular weight is 159 g/mol. The van der Waals surface area contributed by atoms with Gasteiger partial charge in [0, 0.05) is 12.1 Å². The fraction of sp³-hybridized carbons (Fsp3) is 1.00. The monoisotopic (exact) mass is 159 g/mol. The van der Waals surface area contributed by atoms with Crippen molar-refractivity contribution in [1.82, 2.24) is 4.90 Å². The quantitative estimate of drug-likeness (QED) is 0.594. The van der Waals surface area contributed by atoms with E-state index in [0.717, 1.165) is 19.4 Å². The lowest BCUT2D eigenvalue weighted by atomic mass is 10.0. The Morgan fingerprint density at radius 3 is 2.18 bits per heavy atom. The maximum atomic E-state index is 5.91. The number of nitrogens with zero attached hydrogens (tertiary/aromatic N) is 1. The van der Waals surface area contributed by atoms with Crippen molar-refractivity contribution in [3.8, 4) is 0 Å². The second kappa shape index (κ2) is 5.52. The fourth-order valence-electron chi connectivity index (χ4n) is 1.30. The lowest BCUT2D eigenvalue weighted by Gasteiger charge is -2.28. The van der Waals surface area contributed by atoms with Crippen LogP contribution in [-0.2, 0) is 0 Å². The van der Waals surface area contributed by atoms with E-state index in [1.54, 1.807) is 0 Å². The normalized spacial score (nSPS) is 16.9. The van der Waals surface area contributed by atoms with E-state index in [-0.39, 0.29) is 6.04 Å². The van der Waals surface area contributed by atoms with Crippen LogP contribution in [-0.4, -0.2) is 37.6 Å². The standard InChI is InChI=1S/C8H21N3/c1-4-7(10)8(5-6-9)11(2)3/h7-8H,4-6,9-10H2,1-3H3. The van der Waals surface area contributed by atoms with Crippen molar-refractivity contribution in [3.05, 3.63) is 0 Å². The second-order valence-corrected chi connectivity index (χ2v) is 3.18. The van der Waals surface area contributed by atoms with E-state index in [0.29, 0.717) is 6.04 Å². The topological polar surface area (TPSA) is 55.3 Å². The molecule has 0 saturated carbocycles. The minimum absolute atomic E-state index is 0.258. The third kappa shape index (κ3) is 3.70. The van der Waals surface area contributed by atoms with Crippen molar-refractivity contribution in [1.29, 1.82) is 0 Å². The Hall–Kier alpha value is -0.120. The lowest BCUT2D eigenvalue weighted by molar-refractivity contribution is 0.239. The summed E-state index contributed by atoms with van der Waals surface area (Å²) in [7, 11) is 4.10. The molecule has 0 heterocycles. The molecule has 3 nitrogen and oxygen atoms in total. The van der Waals surface area contributed by atoms with Crippen LogP contribution in [0.3, 0.4) is 0 Å². The molecule has 0 aliphatic carbocycles. The van der Waals surface area contributed by atoms with Gasteiger partial charge in [-0.25, -0.2) is 0 Å². The summed E-state index contributed by atoms with van der Waals surface area (Å²) in [6, 6.07) is 0.693. The zero-order valence-corrected chi connectivity index (χ0v) is 7.88. The first-order valence-electron chi connectivity index (χ1n) is 4.25. The van der Waals surface area contributed by atoms with Gasteiger partial charge in [0.15, 0.2) is 0 Å². The minimum Gasteiger partial charge on any atom is -0.330 e. The van der Waals surface area contributed by atoms with Gasteiger partial charge in [0.2, 0.25) is 0 Å². The van der Waals surface area contributed by atoms with Gasteiger partial charge in [-0.15, -0.1) is 0 Å². The maximum Gasteiger partial charge on any atom is 0.0252 e. The highest BCUT2D eigenvalue weighted by molar-refractivity contribution is 4.77. The number of rotatable bonds is 5. The molecule has 0 aromatic rings. The molecule has 4 N–H and O–H groups in total. The van der Waals surface area contributed by atoms with E-state index in [9.17, 15) is 0 Å². The third-order valence-corrected chi connectivity index (χ3v) is 2.09. The van der Waals surface area contributed by atoms with Gasteiger partial charge in [-0.3, -0.25) is 0 Å². The van der Waals surface area contributed by atoms with E-state index in [2.05, 4.69) is 25.9 Å². The van der Waals surface area contributed by atoms with Gasteiger partial charge < -0.3 is 16.4 Å². The summed E-state index contributed by atoms with van der Waals surface area (Å²) in [5, 5.41) is 0. The molecule has 0 aromatic heterocycles. The van der Waals surface area contributed by atoms with Crippen molar-refractivity contribution < 1.29 is 0 Å². The molecule has 2 atom stereocenters. The smallest absolute Gasteiger partial charge is 0.0252 e. The SMILES string of the molecule is CCC(N)C(CCN)N(C)C. The molecule has 0 spiro atoms. The van der Waals surface area contributed by atoms with Crippen LogP contribution in [0.25, 0.3) is 0 Å². The summed E-state index contributed by atoms with van der Waals surface area (Å²) in [5.41, 5.74) is 11.4. The highest BCUT2D eigenvalue weighted by Gasteiger charge is 2.16. The van der Waals surface area contributed by atoms with E-state index in [1.807, 2.05) is 0 Å². The van der Waals surface area contributed by atoms with Gasteiger partial charge in [-0.2, -0.15) is 0 Å². The molecule has 11 heavy (non-hydrogen) atoms. The summed E-state index contributed by atoms with van der Waals surface area (Å²) in [5.74, 6) is 0. The Bertz CT molecular complexity index is 93.3. The van der Waals surface area contributed by atoms with E-state index in [1.165, 1.54) is 0 Å². The van der Waals surface area contributed by atoms with Crippen LogP contribution in [0.2, 0.25) is 0 Å². The molecular weight excluding hydrogens is 138 g/mol. The molecule has 0 fully saturated rings. The molecule has 0 bridgehead atoms. The Morgan fingerprint density at radius 2 is 1.91 bits per heavy atom. The first kappa shape index (κ1) is 10.9. The maximum absolute atomic E-state index is 5.91. The number of hydrogen-bond acceptors (Lipinski definition) is 3. The van der Waals surface area contributed by atoms with Gasteiger partial charge in [0.1, 0.15) is 0 Å². The van der Waals surface area contributed by atoms with Crippen LogP contribution in [0.4, 0.5) is 0 Å². The summed E-state index contributed by atoms with van der Waals surface area (Å²) in [6.45, 7) is 2.83.